The summed E-state index contributed by atoms with van der Waals surface area (Å²) in [6.07, 6.45) is 1.28. The molecule has 25 heavy (non-hydrogen) atoms. The Labute approximate surface area is 145 Å². The molecule has 0 saturated heterocycles. The molecular weight excluding hydrogens is 333 g/mol. The van der Waals surface area contributed by atoms with Crippen LogP contribution in [-0.4, -0.2) is 24.1 Å². The second-order valence-corrected chi connectivity index (χ2v) is 7.51. The molecule has 1 aliphatic heterocycles. The average molecular weight is 356 g/mol. The highest BCUT2D eigenvalue weighted by atomic mass is 19.3. The molecule has 2 amide bonds. The van der Waals surface area contributed by atoms with Gasteiger partial charge in [0.1, 0.15) is 17.2 Å². The Kier molecular flexibility index (Phi) is 4.60. The first-order chi connectivity index (χ1) is 11.7. The normalized spacial score (nSPS) is 26.4. The summed E-state index contributed by atoms with van der Waals surface area (Å²) in [6, 6.07) is 3.31. The Hall–Kier alpha value is -1.92. The smallest absolute Gasteiger partial charge is 0.315 e. The third-order valence-electron chi connectivity index (χ3n) is 4.91. The fraction of sp³-hybridized carbons (Fsp3) is 0.611. The minimum atomic E-state index is -2.71. The van der Waals surface area contributed by atoms with E-state index in [4.69, 9.17) is 4.74 Å². The van der Waals surface area contributed by atoms with Crippen molar-refractivity contribution in [1.29, 1.82) is 0 Å². The van der Waals surface area contributed by atoms with Crippen molar-refractivity contribution in [2.75, 3.05) is 6.54 Å². The van der Waals surface area contributed by atoms with E-state index in [1.807, 2.05) is 13.8 Å². The van der Waals surface area contributed by atoms with Crippen molar-refractivity contribution in [2.45, 2.75) is 57.1 Å². The second-order valence-electron chi connectivity index (χ2n) is 7.51. The molecule has 0 spiro atoms. The van der Waals surface area contributed by atoms with E-state index in [0.29, 0.717) is 30.6 Å². The number of ether oxygens (including phenoxy) is 1. The van der Waals surface area contributed by atoms with E-state index >= 15 is 0 Å². The van der Waals surface area contributed by atoms with Crippen LogP contribution in [0.3, 0.4) is 0 Å². The lowest BCUT2D eigenvalue weighted by molar-refractivity contribution is -0.0349. The minimum absolute atomic E-state index is 0.0538. The summed E-state index contributed by atoms with van der Waals surface area (Å²) < 4.78 is 46.5. The Morgan fingerprint density at radius 2 is 2.12 bits per heavy atom. The monoisotopic (exact) mass is 356 g/mol. The molecule has 1 aromatic carbocycles. The first kappa shape index (κ1) is 17.9. The molecule has 1 saturated carbocycles. The number of alkyl halides is 2. The SMILES string of the molecule is CC1(C)CC(NC(=O)NCC2CCCC2(F)F)c2ccc(F)cc2O1. The summed E-state index contributed by atoms with van der Waals surface area (Å²) in [7, 11) is 0. The maximum Gasteiger partial charge on any atom is 0.315 e. The molecule has 138 valence electrons. The van der Waals surface area contributed by atoms with Crippen LogP contribution >= 0.6 is 0 Å². The fourth-order valence-electron chi connectivity index (χ4n) is 3.63. The van der Waals surface area contributed by atoms with Crippen molar-refractivity contribution in [2.24, 2.45) is 5.92 Å². The Balaban J connectivity index is 1.65. The zero-order chi connectivity index (χ0) is 18.2. The van der Waals surface area contributed by atoms with Crippen LogP contribution in [0.1, 0.15) is 51.1 Å². The molecule has 2 atom stereocenters. The van der Waals surface area contributed by atoms with Crippen LogP contribution in [-0.2, 0) is 0 Å². The van der Waals surface area contributed by atoms with Gasteiger partial charge in [0.05, 0.1) is 6.04 Å². The van der Waals surface area contributed by atoms with E-state index < -0.39 is 29.3 Å². The lowest BCUT2D eigenvalue weighted by Crippen LogP contribution is -2.46. The van der Waals surface area contributed by atoms with Gasteiger partial charge in [0, 0.05) is 36.9 Å². The van der Waals surface area contributed by atoms with E-state index in [1.165, 1.54) is 12.1 Å². The summed E-state index contributed by atoms with van der Waals surface area (Å²) >= 11 is 0. The van der Waals surface area contributed by atoms with Gasteiger partial charge < -0.3 is 15.4 Å². The largest absolute Gasteiger partial charge is 0.487 e. The summed E-state index contributed by atoms with van der Waals surface area (Å²) in [6.45, 7) is 3.65. The number of urea groups is 1. The van der Waals surface area contributed by atoms with Crippen molar-refractivity contribution >= 4 is 6.03 Å². The molecule has 3 rings (SSSR count). The van der Waals surface area contributed by atoms with Crippen molar-refractivity contribution in [3.63, 3.8) is 0 Å². The second kappa shape index (κ2) is 6.42. The number of rotatable bonds is 3. The number of carbonyl (C=O) groups is 1. The predicted octanol–water partition coefficient (Wildman–Crippen LogP) is 4.16. The molecule has 0 aromatic heterocycles. The minimum Gasteiger partial charge on any atom is -0.487 e. The third kappa shape index (κ3) is 4.02. The fourth-order valence-corrected chi connectivity index (χ4v) is 3.63. The van der Waals surface area contributed by atoms with E-state index in [9.17, 15) is 18.0 Å². The number of hydrogen-bond acceptors (Lipinski definition) is 2. The molecule has 0 bridgehead atoms. The van der Waals surface area contributed by atoms with Gasteiger partial charge >= 0.3 is 6.03 Å². The highest BCUT2D eigenvalue weighted by Gasteiger charge is 2.43. The topological polar surface area (TPSA) is 50.4 Å². The first-order valence-electron chi connectivity index (χ1n) is 8.57. The standard InChI is InChI=1S/C18H23F3N2O2/c1-17(2)9-14(13-6-5-12(19)8-15(13)25-17)23-16(24)22-10-11-4-3-7-18(11,20)21/h5-6,8,11,14H,3-4,7,9-10H2,1-2H3,(H2,22,23,24). The molecule has 1 heterocycles. The molecule has 1 fully saturated rings. The van der Waals surface area contributed by atoms with Crippen LogP contribution in [0.2, 0.25) is 0 Å². The molecule has 2 unspecified atom stereocenters. The predicted molar refractivity (Wildman–Crippen MR) is 87.3 cm³/mol. The first-order valence-corrected chi connectivity index (χ1v) is 8.57. The van der Waals surface area contributed by atoms with Gasteiger partial charge in [-0.1, -0.05) is 6.07 Å². The zero-order valence-corrected chi connectivity index (χ0v) is 14.4. The van der Waals surface area contributed by atoms with Gasteiger partial charge in [-0.15, -0.1) is 0 Å². The van der Waals surface area contributed by atoms with Gasteiger partial charge in [-0.2, -0.15) is 0 Å². The lowest BCUT2D eigenvalue weighted by Gasteiger charge is -2.38. The molecule has 4 nitrogen and oxygen atoms in total. The Morgan fingerprint density at radius 1 is 1.36 bits per heavy atom. The number of halogens is 3. The number of nitrogens with one attached hydrogen (secondary N) is 2. The van der Waals surface area contributed by atoms with Crippen LogP contribution in [0.5, 0.6) is 5.75 Å². The van der Waals surface area contributed by atoms with Gasteiger partial charge in [-0.25, -0.2) is 18.0 Å². The summed E-state index contributed by atoms with van der Waals surface area (Å²) in [4.78, 5) is 12.2. The van der Waals surface area contributed by atoms with Crippen LogP contribution < -0.4 is 15.4 Å². The lowest BCUT2D eigenvalue weighted by atomic mass is 9.90. The Morgan fingerprint density at radius 3 is 2.80 bits per heavy atom. The highest BCUT2D eigenvalue weighted by Crippen LogP contribution is 2.41. The zero-order valence-electron chi connectivity index (χ0n) is 14.4. The number of hydrogen-bond donors (Lipinski definition) is 2. The molecule has 0 radical (unpaired) electrons. The van der Waals surface area contributed by atoms with E-state index in [-0.39, 0.29) is 19.0 Å². The number of carbonyl (C=O) groups excluding carboxylic acids is 1. The Bertz CT molecular complexity index is 664. The molecule has 7 heteroatoms. The van der Waals surface area contributed by atoms with Gasteiger partial charge in [0.2, 0.25) is 0 Å². The van der Waals surface area contributed by atoms with Crippen molar-refractivity contribution in [3.05, 3.63) is 29.6 Å². The average Bonchev–Trinajstić information content (AvgIpc) is 2.82. The van der Waals surface area contributed by atoms with Crippen LogP contribution in [0, 0.1) is 11.7 Å². The maximum absolute atomic E-state index is 13.6. The van der Waals surface area contributed by atoms with Crippen molar-refractivity contribution < 1.29 is 22.7 Å². The molecule has 2 aliphatic rings. The van der Waals surface area contributed by atoms with Crippen LogP contribution in [0.25, 0.3) is 0 Å². The van der Waals surface area contributed by atoms with Gasteiger partial charge in [0.15, 0.2) is 0 Å². The van der Waals surface area contributed by atoms with Gasteiger partial charge in [-0.05, 0) is 32.8 Å². The molecular formula is C18H23F3N2O2. The van der Waals surface area contributed by atoms with Crippen molar-refractivity contribution in [3.8, 4) is 5.75 Å². The van der Waals surface area contributed by atoms with E-state index in [1.54, 1.807) is 6.07 Å². The van der Waals surface area contributed by atoms with Crippen LogP contribution in [0.15, 0.2) is 18.2 Å². The quantitative estimate of drug-likeness (QED) is 0.854. The van der Waals surface area contributed by atoms with Gasteiger partial charge in [0.25, 0.3) is 5.92 Å². The number of fused-ring (bicyclic) bond motifs is 1. The van der Waals surface area contributed by atoms with E-state index in [2.05, 4.69) is 10.6 Å². The molecule has 1 aromatic rings. The summed E-state index contributed by atoms with van der Waals surface area (Å²) in [5.41, 5.74) is 0.110. The number of amides is 2. The molecule has 2 N–H and O–H groups in total. The van der Waals surface area contributed by atoms with Crippen LogP contribution in [0.4, 0.5) is 18.0 Å². The third-order valence-corrected chi connectivity index (χ3v) is 4.91. The van der Waals surface area contributed by atoms with Gasteiger partial charge in [-0.3, -0.25) is 0 Å². The molecule has 1 aliphatic carbocycles. The number of benzene rings is 1. The van der Waals surface area contributed by atoms with Crippen molar-refractivity contribution in [1.82, 2.24) is 10.6 Å². The highest BCUT2D eigenvalue weighted by molar-refractivity contribution is 5.74. The summed E-state index contributed by atoms with van der Waals surface area (Å²) in [5.74, 6) is -3.55. The van der Waals surface area contributed by atoms with E-state index in [0.717, 1.165) is 0 Å². The maximum atomic E-state index is 13.6. The summed E-state index contributed by atoms with van der Waals surface area (Å²) in [5, 5.41) is 5.36.